The third-order valence-electron chi connectivity index (χ3n) is 5.33. The van der Waals surface area contributed by atoms with Crippen molar-refractivity contribution in [1.82, 2.24) is 0 Å². The molecule has 3 heteroatoms. The standard InChI is InChI=1S/C23H45ClO2/c1-2-3-4-5-6-7-8-9-10-11-12-13-14-15-16-17-18-19-20-21-22(24)23(25)26/h22H,2-21H2,1H3,(H,25,26). The largest absolute Gasteiger partial charge is 0.480 e. The number of aliphatic carboxylic acids is 1. The highest BCUT2D eigenvalue weighted by Gasteiger charge is 2.11. The number of rotatable bonds is 21. The van der Waals surface area contributed by atoms with E-state index in [9.17, 15) is 4.79 Å². The monoisotopic (exact) mass is 388 g/mol. The molecule has 0 saturated carbocycles. The predicted molar refractivity (Wildman–Crippen MR) is 115 cm³/mol. The van der Waals surface area contributed by atoms with Crippen LogP contribution in [0.25, 0.3) is 0 Å². The molecule has 2 nitrogen and oxygen atoms in total. The summed E-state index contributed by atoms with van der Waals surface area (Å²) < 4.78 is 0. The minimum atomic E-state index is -0.880. The van der Waals surface area contributed by atoms with Crippen molar-refractivity contribution in [3.63, 3.8) is 0 Å². The number of alkyl halides is 1. The maximum atomic E-state index is 10.6. The van der Waals surface area contributed by atoms with Crippen LogP contribution >= 0.6 is 11.6 Å². The zero-order valence-electron chi connectivity index (χ0n) is 17.5. The molecule has 1 atom stereocenters. The topological polar surface area (TPSA) is 37.3 Å². The van der Waals surface area contributed by atoms with E-state index >= 15 is 0 Å². The van der Waals surface area contributed by atoms with Crippen molar-refractivity contribution in [1.29, 1.82) is 0 Å². The zero-order chi connectivity index (χ0) is 19.3. The molecule has 0 amide bonds. The second-order valence-corrected chi connectivity index (χ2v) is 8.49. The molecule has 156 valence electrons. The van der Waals surface area contributed by atoms with E-state index in [-0.39, 0.29) is 0 Å². The fourth-order valence-electron chi connectivity index (χ4n) is 3.53. The molecule has 0 aromatic rings. The van der Waals surface area contributed by atoms with Crippen LogP contribution in [0.4, 0.5) is 0 Å². The zero-order valence-corrected chi connectivity index (χ0v) is 18.2. The van der Waals surface area contributed by atoms with Gasteiger partial charge in [-0.3, -0.25) is 4.79 Å². The molecule has 0 aliphatic carbocycles. The lowest BCUT2D eigenvalue weighted by atomic mass is 10.0. The van der Waals surface area contributed by atoms with E-state index in [1.54, 1.807) is 0 Å². The highest BCUT2D eigenvalue weighted by molar-refractivity contribution is 6.29. The molecule has 0 bridgehead atoms. The summed E-state index contributed by atoms with van der Waals surface area (Å²) in [4.78, 5) is 10.6. The van der Waals surface area contributed by atoms with Crippen LogP contribution in [0.3, 0.4) is 0 Å². The second kappa shape index (κ2) is 21.1. The van der Waals surface area contributed by atoms with Gasteiger partial charge in [0.05, 0.1) is 0 Å². The Kier molecular flexibility index (Phi) is 20.9. The molecule has 1 N–H and O–H groups in total. The van der Waals surface area contributed by atoms with Gasteiger partial charge in [0, 0.05) is 0 Å². The SMILES string of the molecule is CCCCCCCCCCCCCCCCCCCCCC(Cl)C(=O)O. The van der Waals surface area contributed by atoms with E-state index in [1.807, 2.05) is 0 Å². The molecule has 0 rings (SSSR count). The van der Waals surface area contributed by atoms with Crippen LogP contribution in [-0.2, 0) is 4.79 Å². The van der Waals surface area contributed by atoms with Crippen LogP contribution in [0.5, 0.6) is 0 Å². The van der Waals surface area contributed by atoms with Gasteiger partial charge in [0.15, 0.2) is 0 Å². The Morgan fingerprint density at radius 3 is 1.15 bits per heavy atom. The predicted octanol–water partition coefficient (Wildman–Crippen LogP) is 8.50. The summed E-state index contributed by atoms with van der Waals surface area (Å²) in [6.45, 7) is 2.28. The van der Waals surface area contributed by atoms with Crippen molar-refractivity contribution in [3.8, 4) is 0 Å². The number of carboxylic acid groups (broad SMARTS) is 1. The minimum Gasteiger partial charge on any atom is -0.480 e. The van der Waals surface area contributed by atoms with Crippen LogP contribution in [0.2, 0.25) is 0 Å². The number of carboxylic acids is 1. The van der Waals surface area contributed by atoms with Gasteiger partial charge >= 0.3 is 5.97 Å². The molecule has 1 unspecified atom stereocenters. The molecule has 0 radical (unpaired) electrons. The van der Waals surface area contributed by atoms with E-state index in [2.05, 4.69) is 6.92 Å². The van der Waals surface area contributed by atoms with Crippen LogP contribution in [0.15, 0.2) is 0 Å². The van der Waals surface area contributed by atoms with E-state index < -0.39 is 11.3 Å². The third kappa shape index (κ3) is 20.1. The Morgan fingerprint density at radius 2 is 0.885 bits per heavy atom. The summed E-state index contributed by atoms with van der Waals surface area (Å²) in [6.07, 6.45) is 26.4. The smallest absolute Gasteiger partial charge is 0.321 e. The highest BCUT2D eigenvalue weighted by atomic mass is 35.5. The van der Waals surface area contributed by atoms with Crippen molar-refractivity contribution in [3.05, 3.63) is 0 Å². The number of halogens is 1. The van der Waals surface area contributed by atoms with E-state index in [4.69, 9.17) is 16.7 Å². The maximum Gasteiger partial charge on any atom is 0.321 e. The molecule has 0 fully saturated rings. The lowest BCUT2D eigenvalue weighted by molar-refractivity contribution is -0.136. The van der Waals surface area contributed by atoms with Gasteiger partial charge in [0.25, 0.3) is 0 Å². The average Bonchev–Trinajstić information content (AvgIpc) is 2.63. The Labute approximate surface area is 168 Å². The van der Waals surface area contributed by atoms with Crippen LogP contribution < -0.4 is 0 Å². The molecule has 26 heavy (non-hydrogen) atoms. The third-order valence-corrected chi connectivity index (χ3v) is 5.73. The van der Waals surface area contributed by atoms with Gasteiger partial charge in [-0.05, 0) is 6.42 Å². The Hall–Kier alpha value is -0.240. The molecular formula is C23H45ClO2. The number of unbranched alkanes of at least 4 members (excludes halogenated alkanes) is 18. The summed E-state index contributed by atoms with van der Waals surface area (Å²) in [5.74, 6) is -0.880. The van der Waals surface area contributed by atoms with Crippen molar-refractivity contribution in [2.75, 3.05) is 0 Å². The van der Waals surface area contributed by atoms with Crippen molar-refractivity contribution < 1.29 is 9.90 Å². The fourth-order valence-corrected chi connectivity index (χ4v) is 3.68. The van der Waals surface area contributed by atoms with Crippen molar-refractivity contribution in [2.45, 2.75) is 141 Å². The quantitative estimate of drug-likeness (QED) is 0.158. The van der Waals surface area contributed by atoms with Gasteiger partial charge in [-0.2, -0.15) is 0 Å². The van der Waals surface area contributed by atoms with Gasteiger partial charge in [0.1, 0.15) is 5.38 Å². The van der Waals surface area contributed by atoms with E-state index in [1.165, 1.54) is 109 Å². The first-order valence-corrected chi connectivity index (χ1v) is 12.0. The Balaban J connectivity index is 3.04. The summed E-state index contributed by atoms with van der Waals surface area (Å²) in [5, 5.41) is 8.01. The molecule has 0 spiro atoms. The molecule has 0 heterocycles. The van der Waals surface area contributed by atoms with Gasteiger partial charge in [-0.1, -0.05) is 129 Å². The summed E-state index contributed by atoms with van der Waals surface area (Å²) in [5.41, 5.74) is 0. The van der Waals surface area contributed by atoms with Gasteiger partial charge in [0.2, 0.25) is 0 Å². The summed E-state index contributed by atoms with van der Waals surface area (Å²) >= 11 is 5.70. The number of hydrogen-bond donors (Lipinski definition) is 1. The van der Waals surface area contributed by atoms with Crippen molar-refractivity contribution >= 4 is 17.6 Å². The lowest BCUT2D eigenvalue weighted by Crippen LogP contribution is -2.12. The molecular weight excluding hydrogens is 344 g/mol. The normalized spacial score (nSPS) is 12.4. The molecule has 0 aliphatic rings. The van der Waals surface area contributed by atoms with Crippen LogP contribution in [0.1, 0.15) is 135 Å². The Morgan fingerprint density at radius 1 is 0.615 bits per heavy atom. The summed E-state index contributed by atoms with van der Waals surface area (Å²) in [6, 6.07) is 0. The van der Waals surface area contributed by atoms with Crippen LogP contribution in [0, 0.1) is 0 Å². The Bertz CT molecular complexity index is 294. The lowest BCUT2D eigenvalue weighted by Gasteiger charge is -2.05. The fraction of sp³-hybridized carbons (Fsp3) is 0.957. The first kappa shape index (κ1) is 25.8. The highest BCUT2D eigenvalue weighted by Crippen LogP contribution is 2.15. The second-order valence-electron chi connectivity index (χ2n) is 7.96. The summed E-state index contributed by atoms with van der Waals surface area (Å²) in [7, 11) is 0. The first-order valence-electron chi connectivity index (χ1n) is 11.5. The van der Waals surface area contributed by atoms with Gasteiger partial charge in [-0.25, -0.2) is 0 Å². The molecule has 0 aromatic carbocycles. The van der Waals surface area contributed by atoms with Crippen LogP contribution in [-0.4, -0.2) is 16.5 Å². The number of carbonyl (C=O) groups is 1. The van der Waals surface area contributed by atoms with E-state index in [0.29, 0.717) is 6.42 Å². The average molecular weight is 389 g/mol. The van der Waals surface area contributed by atoms with Crippen molar-refractivity contribution in [2.24, 2.45) is 0 Å². The van der Waals surface area contributed by atoms with E-state index in [0.717, 1.165) is 12.8 Å². The van der Waals surface area contributed by atoms with Gasteiger partial charge < -0.3 is 5.11 Å². The first-order chi connectivity index (χ1) is 12.7. The molecule has 0 aromatic heterocycles. The maximum absolute atomic E-state index is 10.6. The number of hydrogen-bond acceptors (Lipinski definition) is 1. The van der Waals surface area contributed by atoms with Gasteiger partial charge in [-0.15, -0.1) is 11.6 Å². The molecule has 0 aliphatic heterocycles. The molecule has 0 saturated heterocycles. The minimum absolute atomic E-state index is 0.607.